The van der Waals surface area contributed by atoms with Crippen LogP contribution < -0.4 is 0 Å². The molecule has 0 N–H and O–H groups in total. The summed E-state index contributed by atoms with van der Waals surface area (Å²) < 4.78 is 0. The maximum absolute atomic E-state index is 6.78. The zero-order chi connectivity index (χ0) is 14.6. The summed E-state index contributed by atoms with van der Waals surface area (Å²) in [5, 5.41) is 0. The maximum atomic E-state index is 6.78. The van der Waals surface area contributed by atoms with E-state index in [0.29, 0.717) is 11.8 Å². The van der Waals surface area contributed by atoms with E-state index in [2.05, 4.69) is 51.2 Å². The molecule has 0 fully saturated rings. The SMILES string of the molecule is [C-]#[N+][C@@H](CC)CC(C)C.[C-]#[N+][C@H](CC)CC(C)C. The standard InChI is InChI=1S/2C8H15N/c2*1-5-8(9-4)6-7(2)3/h2*7-8H,5-6H2,1-3H3/t2*8-/m10/s1. The van der Waals surface area contributed by atoms with Gasteiger partial charge in [-0.1, -0.05) is 41.5 Å². The van der Waals surface area contributed by atoms with Crippen LogP contribution in [0.4, 0.5) is 0 Å². The molecule has 2 nitrogen and oxygen atoms in total. The largest absolute Gasteiger partial charge is 0.314 e. The maximum Gasteiger partial charge on any atom is 0.223 e. The molecule has 0 saturated heterocycles. The summed E-state index contributed by atoms with van der Waals surface area (Å²) in [5.41, 5.74) is 0. The third kappa shape index (κ3) is 13.0. The van der Waals surface area contributed by atoms with E-state index in [1.165, 1.54) is 0 Å². The Kier molecular flexibility index (Phi) is 13.4. The van der Waals surface area contributed by atoms with Crippen LogP contribution in [-0.4, -0.2) is 12.1 Å². The van der Waals surface area contributed by atoms with Gasteiger partial charge in [-0.2, -0.15) is 0 Å². The summed E-state index contributed by atoms with van der Waals surface area (Å²) in [5.74, 6) is 1.34. The van der Waals surface area contributed by atoms with Crippen molar-refractivity contribution in [3.63, 3.8) is 0 Å². The molecule has 0 aliphatic rings. The van der Waals surface area contributed by atoms with E-state index in [1.54, 1.807) is 0 Å². The molecule has 18 heavy (non-hydrogen) atoms. The number of hydrogen-bond donors (Lipinski definition) is 0. The summed E-state index contributed by atoms with van der Waals surface area (Å²) in [6.07, 6.45) is 4.11. The molecule has 2 heteroatoms. The van der Waals surface area contributed by atoms with Gasteiger partial charge in [0.2, 0.25) is 12.1 Å². The van der Waals surface area contributed by atoms with E-state index < -0.39 is 0 Å². The third-order valence-electron chi connectivity index (χ3n) is 2.79. The molecule has 0 amide bonds. The molecule has 0 bridgehead atoms. The minimum absolute atomic E-state index is 0.269. The Morgan fingerprint density at radius 3 is 1.06 bits per heavy atom. The molecule has 0 heterocycles. The fraction of sp³-hybridized carbons (Fsp3) is 0.875. The van der Waals surface area contributed by atoms with Gasteiger partial charge in [-0.3, -0.25) is 0 Å². The van der Waals surface area contributed by atoms with Gasteiger partial charge in [-0.15, -0.1) is 0 Å². The summed E-state index contributed by atoms with van der Waals surface area (Å²) in [6.45, 7) is 26.3. The Morgan fingerprint density at radius 2 is 1.00 bits per heavy atom. The van der Waals surface area contributed by atoms with Gasteiger partial charge in [0.15, 0.2) is 0 Å². The van der Waals surface area contributed by atoms with Crippen LogP contribution in [0.15, 0.2) is 0 Å². The number of rotatable bonds is 6. The van der Waals surface area contributed by atoms with Crippen molar-refractivity contribution in [3.05, 3.63) is 22.8 Å². The highest BCUT2D eigenvalue weighted by atomic mass is 14.7. The van der Waals surface area contributed by atoms with Crippen molar-refractivity contribution in [2.24, 2.45) is 11.8 Å². The molecule has 0 saturated carbocycles. The Hall–Kier alpha value is -1.02. The molecule has 0 radical (unpaired) electrons. The zero-order valence-corrected chi connectivity index (χ0v) is 13.0. The molecule has 0 spiro atoms. The van der Waals surface area contributed by atoms with Gasteiger partial charge in [-0.05, 0) is 11.8 Å². The van der Waals surface area contributed by atoms with Gasteiger partial charge in [0.1, 0.15) is 0 Å². The topological polar surface area (TPSA) is 8.72 Å². The van der Waals surface area contributed by atoms with Crippen LogP contribution in [0.3, 0.4) is 0 Å². The van der Waals surface area contributed by atoms with Gasteiger partial charge >= 0.3 is 0 Å². The Bertz CT molecular complexity index is 227. The van der Waals surface area contributed by atoms with Crippen LogP contribution in [-0.2, 0) is 0 Å². The van der Waals surface area contributed by atoms with Crippen molar-refractivity contribution in [2.45, 2.75) is 79.3 Å². The fourth-order valence-electron chi connectivity index (χ4n) is 1.71. The first-order chi connectivity index (χ1) is 8.40. The van der Waals surface area contributed by atoms with Gasteiger partial charge in [0, 0.05) is 25.7 Å². The number of hydrogen-bond acceptors (Lipinski definition) is 0. The third-order valence-corrected chi connectivity index (χ3v) is 2.79. The normalized spacial score (nSPS) is 13.2. The molecular weight excluding hydrogens is 220 g/mol. The summed E-state index contributed by atoms with van der Waals surface area (Å²) in [6, 6.07) is 0.537. The number of nitrogens with zero attached hydrogens (tertiary/aromatic N) is 2. The summed E-state index contributed by atoms with van der Waals surface area (Å²) >= 11 is 0. The Labute approximate surface area is 114 Å². The minimum atomic E-state index is 0.269. The highest BCUT2D eigenvalue weighted by Crippen LogP contribution is 2.10. The zero-order valence-electron chi connectivity index (χ0n) is 13.0. The van der Waals surface area contributed by atoms with Gasteiger partial charge < -0.3 is 9.69 Å². The van der Waals surface area contributed by atoms with Crippen LogP contribution in [0.25, 0.3) is 9.69 Å². The highest BCUT2D eigenvalue weighted by Gasteiger charge is 2.10. The monoisotopic (exact) mass is 250 g/mol. The van der Waals surface area contributed by atoms with Crippen LogP contribution >= 0.6 is 0 Å². The Balaban J connectivity index is 0. The summed E-state index contributed by atoms with van der Waals surface area (Å²) in [4.78, 5) is 6.99. The summed E-state index contributed by atoms with van der Waals surface area (Å²) in [7, 11) is 0. The van der Waals surface area contributed by atoms with E-state index in [-0.39, 0.29) is 12.1 Å². The lowest BCUT2D eigenvalue weighted by molar-refractivity contribution is 0.526. The molecule has 0 aliphatic heterocycles. The second kappa shape index (κ2) is 12.4. The van der Waals surface area contributed by atoms with E-state index in [1.807, 2.05) is 0 Å². The van der Waals surface area contributed by atoms with E-state index in [9.17, 15) is 0 Å². The lowest BCUT2D eigenvalue weighted by Gasteiger charge is -2.03. The lowest BCUT2D eigenvalue weighted by Crippen LogP contribution is -2.03. The van der Waals surface area contributed by atoms with E-state index in [0.717, 1.165) is 25.7 Å². The second-order valence-corrected chi connectivity index (χ2v) is 5.64. The molecule has 0 rings (SSSR count). The van der Waals surface area contributed by atoms with Crippen LogP contribution in [0.1, 0.15) is 67.2 Å². The molecule has 0 unspecified atom stereocenters. The predicted octanol–water partition coefficient (Wildman–Crippen LogP) is 5.46. The van der Waals surface area contributed by atoms with Crippen molar-refractivity contribution < 1.29 is 0 Å². The van der Waals surface area contributed by atoms with Crippen LogP contribution in [0, 0.1) is 25.0 Å². The average molecular weight is 250 g/mol. The van der Waals surface area contributed by atoms with Crippen molar-refractivity contribution in [3.8, 4) is 0 Å². The van der Waals surface area contributed by atoms with E-state index in [4.69, 9.17) is 13.1 Å². The van der Waals surface area contributed by atoms with E-state index >= 15 is 0 Å². The first-order valence-corrected chi connectivity index (χ1v) is 7.14. The predicted molar refractivity (Wildman–Crippen MR) is 80.3 cm³/mol. The first-order valence-electron chi connectivity index (χ1n) is 7.14. The Morgan fingerprint density at radius 1 is 0.722 bits per heavy atom. The lowest BCUT2D eigenvalue weighted by atomic mass is 10.0. The van der Waals surface area contributed by atoms with Crippen LogP contribution in [0.5, 0.6) is 0 Å². The van der Waals surface area contributed by atoms with Crippen molar-refractivity contribution in [1.29, 1.82) is 0 Å². The van der Waals surface area contributed by atoms with Crippen molar-refractivity contribution >= 4 is 0 Å². The quantitative estimate of drug-likeness (QED) is 0.553. The smallest absolute Gasteiger partial charge is 0.223 e. The molecule has 2 atom stereocenters. The van der Waals surface area contributed by atoms with Gasteiger partial charge in [-0.25, -0.2) is 13.1 Å². The first kappa shape index (κ1) is 19.3. The molecular formula is C16H30N2. The van der Waals surface area contributed by atoms with Crippen LogP contribution in [0.2, 0.25) is 0 Å². The highest BCUT2D eigenvalue weighted by molar-refractivity contribution is 4.77. The van der Waals surface area contributed by atoms with Gasteiger partial charge in [0.25, 0.3) is 0 Å². The fourth-order valence-corrected chi connectivity index (χ4v) is 1.71. The molecule has 104 valence electrons. The van der Waals surface area contributed by atoms with Crippen molar-refractivity contribution in [2.75, 3.05) is 0 Å². The average Bonchev–Trinajstić information content (AvgIpc) is 2.33. The second-order valence-electron chi connectivity index (χ2n) is 5.64. The van der Waals surface area contributed by atoms with Gasteiger partial charge in [0.05, 0.1) is 0 Å². The molecule has 0 aromatic rings. The minimum Gasteiger partial charge on any atom is -0.314 e. The molecule has 0 aromatic heterocycles. The molecule has 0 aliphatic carbocycles. The van der Waals surface area contributed by atoms with Crippen molar-refractivity contribution in [1.82, 2.24) is 0 Å². The molecule has 0 aromatic carbocycles.